The number of ether oxygens (including phenoxy) is 2. The standard InChI is InChI=1S/2C15H16N2O2S/c2*1-3-4-9-17-14(18)13-12(16-15(17)19-2)10-7-5-6-8-11(10)20-13/h2*5-8H,3-4,9H2,1-2H3. The molecule has 4 aromatic heterocycles. The number of rotatable bonds is 8. The average Bonchev–Trinajstić information content (AvgIpc) is 3.55. The molecular formula is C30H32N4O4S2. The van der Waals surface area contributed by atoms with Gasteiger partial charge in [0, 0.05) is 33.3 Å². The fourth-order valence-electron chi connectivity index (χ4n) is 4.65. The van der Waals surface area contributed by atoms with Crippen LogP contribution in [0.25, 0.3) is 40.6 Å². The van der Waals surface area contributed by atoms with Crippen molar-refractivity contribution in [1.82, 2.24) is 19.1 Å². The van der Waals surface area contributed by atoms with Crippen LogP contribution in [-0.2, 0) is 13.1 Å². The van der Waals surface area contributed by atoms with Crippen LogP contribution in [0.1, 0.15) is 39.5 Å². The van der Waals surface area contributed by atoms with Gasteiger partial charge in [-0.3, -0.25) is 18.7 Å². The first-order chi connectivity index (χ1) is 19.5. The molecule has 8 nitrogen and oxygen atoms in total. The minimum absolute atomic E-state index is 0.00139. The number of nitrogens with zero attached hydrogens (tertiary/aromatic N) is 4. The Morgan fingerprint density at radius 3 is 1.45 bits per heavy atom. The van der Waals surface area contributed by atoms with Crippen LogP contribution in [0.5, 0.6) is 12.0 Å². The summed E-state index contributed by atoms with van der Waals surface area (Å²) < 4.78 is 17.5. The first-order valence-electron chi connectivity index (χ1n) is 13.4. The molecule has 0 fully saturated rings. The Kier molecular flexibility index (Phi) is 8.46. The van der Waals surface area contributed by atoms with E-state index >= 15 is 0 Å². The Morgan fingerprint density at radius 1 is 0.675 bits per heavy atom. The van der Waals surface area contributed by atoms with Crippen molar-refractivity contribution in [3.05, 3.63) is 69.2 Å². The summed E-state index contributed by atoms with van der Waals surface area (Å²) in [5, 5.41) is 2.04. The van der Waals surface area contributed by atoms with Crippen LogP contribution >= 0.6 is 22.7 Å². The summed E-state index contributed by atoms with van der Waals surface area (Å²) in [4.78, 5) is 34.4. The number of thiophene rings is 2. The summed E-state index contributed by atoms with van der Waals surface area (Å²) in [6, 6.07) is 16.7. The molecule has 0 aliphatic heterocycles. The summed E-state index contributed by atoms with van der Waals surface area (Å²) in [6.07, 6.45) is 3.93. The van der Waals surface area contributed by atoms with Gasteiger partial charge in [-0.25, -0.2) is 0 Å². The Labute approximate surface area is 239 Å². The maximum atomic E-state index is 12.6. The highest BCUT2D eigenvalue weighted by Crippen LogP contribution is 2.32. The summed E-state index contributed by atoms with van der Waals surface area (Å²) in [6.45, 7) is 5.50. The molecule has 6 aromatic rings. The molecule has 0 unspecified atom stereocenters. The van der Waals surface area contributed by atoms with Crippen LogP contribution in [0, 0.1) is 0 Å². The van der Waals surface area contributed by atoms with Crippen molar-refractivity contribution < 1.29 is 9.47 Å². The lowest BCUT2D eigenvalue weighted by atomic mass is 10.2. The van der Waals surface area contributed by atoms with Crippen LogP contribution in [-0.4, -0.2) is 33.3 Å². The molecule has 0 N–H and O–H groups in total. The third-order valence-corrected chi connectivity index (χ3v) is 9.03. The molecule has 0 spiro atoms. The van der Waals surface area contributed by atoms with Gasteiger partial charge < -0.3 is 9.47 Å². The van der Waals surface area contributed by atoms with E-state index < -0.39 is 0 Å². The summed E-state index contributed by atoms with van der Waals surface area (Å²) >= 11 is 3.01. The smallest absolute Gasteiger partial charge is 0.299 e. The molecule has 0 aliphatic carbocycles. The molecule has 10 heteroatoms. The van der Waals surface area contributed by atoms with E-state index in [1.807, 2.05) is 48.5 Å². The summed E-state index contributed by atoms with van der Waals surface area (Å²) in [7, 11) is 3.12. The van der Waals surface area contributed by atoms with Gasteiger partial charge in [-0.2, -0.15) is 9.97 Å². The molecular weight excluding hydrogens is 544 g/mol. The third-order valence-electron chi connectivity index (χ3n) is 6.73. The number of methoxy groups -OCH3 is 2. The topological polar surface area (TPSA) is 88.2 Å². The number of fused-ring (bicyclic) bond motifs is 6. The molecule has 208 valence electrons. The molecule has 0 aliphatic rings. The highest BCUT2D eigenvalue weighted by atomic mass is 32.1. The van der Waals surface area contributed by atoms with E-state index in [9.17, 15) is 9.59 Å². The second-order valence-electron chi connectivity index (χ2n) is 9.37. The number of benzene rings is 2. The molecule has 0 atom stereocenters. The number of hydrogen-bond donors (Lipinski definition) is 0. The van der Waals surface area contributed by atoms with Gasteiger partial charge >= 0.3 is 0 Å². The zero-order valence-corrected chi connectivity index (χ0v) is 24.7. The van der Waals surface area contributed by atoms with Crippen molar-refractivity contribution >= 4 is 63.3 Å². The molecule has 0 amide bonds. The third kappa shape index (κ3) is 5.09. The van der Waals surface area contributed by atoms with Crippen LogP contribution in [0.3, 0.4) is 0 Å². The van der Waals surface area contributed by atoms with E-state index in [1.54, 1.807) is 23.4 Å². The summed E-state index contributed by atoms with van der Waals surface area (Å²) in [5.74, 6) is 0. The van der Waals surface area contributed by atoms with E-state index in [0.717, 1.165) is 56.9 Å². The first kappa shape index (κ1) is 27.8. The Hall–Kier alpha value is -3.76. The first-order valence-corrected chi connectivity index (χ1v) is 15.1. The van der Waals surface area contributed by atoms with Gasteiger partial charge in [-0.05, 0) is 25.0 Å². The highest BCUT2D eigenvalue weighted by molar-refractivity contribution is 7.26. The second-order valence-corrected chi connectivity index (χ2v) is 11.5. The van der Waals surface area contributed by atoms with Crippen molar-refractivity contribution in [2.75, 3.05) is 14.2 Å². The molecule has 40 heavy (non-hydrogen) atoms. The van der Waals surface area contributed by atoms with Crippen LogP contribution < -0.4 is 20.6 Å². The number of hydrogen-bond acceptors (Lipinski definition) is 8. The average molecular weight is 577 g/mol. The quantitative estimate of drug-likeness (QED) is 0.197. The Morgan fingerprint density at radius 2 is 1.07 bits per heavy atom. The monoisotopic (exact) mass is 576 g/mol. The zero-order valence-electron chi connectivity index (χ0n) is 23.1. The van der Waals surface area contributed by atoms with E-state index in [4.69, 9.17) is 9.47 Å². The summed E-state index contributed by atoms with van der Waals surface area (Å²) in [5.41, 5.74) is 1.50. The largest absolute Gasteiger partial charge is 0.468 e. The highest BCUT2D eigenvalue weighted by Gasteiger charge is 2.17. The van der Waals surface area contributed by atoms with Gasteiger partial charge in [-0.15, -0.1) is 22.7 Å². The fraction of sp³-hybridized carbons (Fsp3) is 0.333. The molecule has 2 aromatic carbocycles. The molecule has 4 heterocycles. The van der Waals surface area contributed by atoms with Crippen molar-refractivity contribution in [1.29, 1.82) is 0 Å². The minimum atomic E-state index is 0.00139. The maximum absolute atomic E-state index is 12.6. The van der Waals surface area contributed by atoms with Crippen molar-refractivity contribution in [2.24, 2.45) is 0 Å². The SMILES string of the molecule is CCCCn1c(OC)nc2c(sc3ccccc32)c1=O.CCCCn1c(OC)nc2c(sc3ccccc32)c1=O. The van der Waals surface area contributed by atoms with E-state index in [-0.39, 0.29) is 11.1 Å². The molecule has 6 rings (SSSR count). The fourth-order valence-corrected chi connectivity index (χ4v) is 6.83. The van der Waals surface area contributed by atoms with Gasteiger partial charge in [-0.1, -0.05) is 63.1 Å². The van der Waals surface area contributed by atoms with Gasteiger partial charge in [0.25, 0.3) is 23.1 Å². The second kappa shape index (κ2) is 12.2. The molecule has 0 saturated heterocycles. The number of aromatic nitrogens is 4. The van der Waals surface area contributed by atoms with Crippen LogP contribution in [0.4, 0.5) is 0 Å². The van der Waals surface area contributed by atoms with Crippen molar-refractivity contribution in [3.8, 4) is 12.0 Å². The van der Waals surface area contributed by atoms with Crippen LogP contribution in [0.15, 0.2) is 58.1 Å². The lowest BCUT2D eigenvalue weighted by molar-refractivity contribution is 0.346. The normalized spacial score (nSPS) is 11.3. The van der Waals surface area contributed by atoms with Gasteiger partial charge in [0.1, 0.15) is 20.4 Å². The predicted octanol–water partition coefficient (Wildman–Crippen LogP) is 6.84. The molecule has 0 radical (unpaired) electrons. The van der Waals surface area contributed by atoms with Crippen molar-refractivity contribution in [3.63, 3.8) is 0 Å². The maximum Gasteiger partial charge on any atom is 0.299 e. The van der Waals surface area contributed by atoms with E-state index in [0.29, 0.717) is 34.5 Å². The van der Waals surface area contributed by atoms with Gasteiger partial charge in [0.05, 0.1) is 14.2 Å². The Balaban J connectivity index is 0.000000161. The minimum Gasteiger partial charge on any atom is -0.468 e. The van der Waals surface area contributed by atoms with Gasteiger partial charge in [0.15, 0.2) is 0 Å². The Bertz CT molecular complexity index is 1780. The number of unbranched alkanes of at least 4 members (excludes halogenated alkanes) is 2. The van der Waals surface area contributed by atoms with Crippen LogP contribution in [0.2, 0.25) is 0 Å². The predicted molar refractivity (Wildman–Crippen MR) is 166 cm³/mol. The zero-order chi connectivity index (χ0) is 28.2. The van der Waals surface area contributed by atoms with E-state index in [2.05, 4.69) is 23.8 Å². The molecule has 0 saturated carbocycles. The lowest BCUT2D eigenvalue weighted by Crippen LogP contribution is -2.22. The van der Waals surface area contributed by atoms with Crippen molar-refractivity contribution in [2.45, 2.75) is 52.6 Å². The lowest BCUT2D eigenvalue weighted by Gasteiger charge is -2.09. The van der Waals surface area contributed by atoms with E-state index in [1.165, 1.54) is 22.7 Å². The molecule has 0 bridgehead atoms. The van der Waals surface area contributed by atoms with Gasteiger partial charge in [0.2, 0.25) is 0 Å².